The lowest BCUT2D eigenvalue weighted by molar-refractivity contribution is -0.117. The highest BCUT2D eigenvalue weighted by Crippen LogP contribution is 2.11. The van der Waals surface area contributed by atoms with Gasteiger partial charge in [-0.1, -0.05) is 18.2 Å². The summed E-state index contributed by atoms with van der Waals surface area (Å²) in [5.74, 6) is -0.893. The molecule has 120 valence electrons. The third-order valence-corrected chi connectivity index (χ3v) is 3.35. The van der Waals surface area contributed by atoms with E-state index in [0.29, 0.717) is 11.3 Å². The molecule has 0 radical (unpaired) electrons. The van der Waals surface area contributed by atoms with E-state index in [0.717, 1.165) is 0 Å². The number of nitrogens with zero attached hydrogens (tertiary/aromatic N) is 1. The van der Waals surface area contributed by atoms with Crippen LogP contribution in [0.25, 0.3) is 0 Å². The number of amides is 2. The Labute approximate surface area is 134 Å². The monoisotopic (exact) mass is 314 g/mol. The van der Waals surface area contributed by atoms with E-state index in [1.165, 1.54) is 29.2 Å². The molecule has 0 saturated carbocycles. The zero-order valence-corrected chi connectivity index (χ0v) is 13.1. The van der Waals surface area contributed by atoms with Gasteiger partial charge in [-0.15, -0.1) is 0 Å². The standard InChI is InChI=1S/C18H19FN2O2/c1-13(2)21(18(23)14-6-4-3-5-7-14)12-17(22)20-16-10-8-15(19)9-11-16/h3-11,13H,12H2,1-2H3,(H,20,22). The van der Waals surface area contributed by atoms with Crippen LogP contribution in [0, 0.1) is 5.82 Å². The number of hydrogen-bond donors (Lipinski definition) is 1. The van der Waals surface area contributed by atoms with E-state index in [2.05, 4.69) is 5.32 Å². The Bertz CT molecular complexity index is 669. The van der Waals surface area contributed by atoms with Crippen molar-refractivity contribution in [2.24, 2.45) is 0 Å². The summed E-state index contributed by atoms with van der Waals surface area (Å²) in [5, 5.41) is 2.66. The summed E-state index contributed by atoms with van der Waals surface area (Å²) in [4.78, 5) is 26.2. The Hall–Kier alpha value is -2.69. The first-order valence-corrected chi connectivity index (χ1v) is 7.39. The van der Waals surface area contributed by atoms with Crippen LogP contribution in [0.4, 0.5) is 10.1 Å². The Morgan fingerprint density at radius 1 is 1.04 bits per heavy atom. The number of rotatable bonds is 5. The molecular weight excluding hydrogens is 295 g/mol. The zero-order valence-electron chi connectivity index (χ0n) is 13.1. The molecule has 2 aromatic carbocycles. The van der Waals surface area contributed by atoms with Crippen molar-refractivity contribution in [2.75, 3.05) is 11.9 Å². The maximum absolute atomic E-state index is 12.9. The maximum atomic E-state index is 12.9. The Balaban J connectivity index is 2.05. The van der Waals surface area contributed by atoms with Crippen LogP contribution in [0.3, 0.4) is 0 Å². The molecule has 0 heterocycles. The minimum atomic E-state index is -0.369. The second-order valence-electron chi connectivity index (χ2n) is 5.45. The highest BCUT2D eigenvalue weighted by Gasteiger charge is 2.21. The summed E-state index contributed by atoms with van der Waals surface area (Å²) in [5.41, 5.74) is 1.03. The lowest BCUT2D eigenvalue weighted by Gasteiger charge is -2.26. The van der Waals surface area contributed by atoms with Gasteiger partial charge in [0.1, 0.15) is 12.4 Å². The summed E-state index contributed by atoms with van der Waals surface area (Å²) < 4.78 is 12.9. The summed E-state index contributed by atoms with van der Waals surface area (Å²) in [6, 6.07) is 14.2. The second-order valence-corrected chi connectivity index (χ2v) is 5.45. The van der Waals surface area contributed by atoms with Crippen LogP contribution in [0.5, 0.6) is 0 Å². The van der Waals surface area contributed by atoms with Gasteiger partial charge in [-0.3, -0.25) is 9.59 Å². The second kappa shape index (κ2) is 7.54. The number of anilines is 1. The fourth-order valence-electron chi connectivity index (χ4n) is 2.12. The Morgan fingerprint density at radius 3 is 2.22 bits per heavy atom. The van der Waals surface area contributed by atoms with Crippen LogP contribution in [-0.2, 0) is 4.79 Å². The average molecular weight is 314 g/mol. The molecule has 0 aliphatic rings. The predicted octanol–water partition coefficient (Wildman–Crippen LogP) is 3.32. The Kier molecular flexibility index (Phi) is 5.46. The Morgan fingerprint density at radius 2 is 1.65 bits per heavy atom. The summed E-state index contributed by atoms with van der Waals surface area (Å²) in [6.07, 6.45) is 0. The van der Waals surface area contributed by atoms with E-state index in [9.17, 15) is 14.0 Å². The van der Waals surface area contributed by atoms with Crippen molar-refractivity contribution < 1.29 is 14.0 Å². The molecule has 0 aliphatic heterocycles. The zero-order chi connectivity index (χ0) is 16.8. The predicted molar refractivity (Wildman–Crippen MR) is 87.6 cm³/mol. The van der Waals surface area contributed by atoms with Gasteiger partial charge in [-0.2, -0.15) is 0 Å². The molecule has 2 amide bonds. The van der Waals surface area contributed by atoms with E-state index in [4.69, 9.17) is 0 Å². The molecule has 23 heavy (non-hydrogen) atoms. The van der Waals surface area contributed by atoms with Crippen molar-refractivity contribution in [1.29, 1.82) is 0 Å². The van der Waals surface area contributed by atoms with E-state index in [1.54, 1.807) is 24.3 Å². The molecule has 0 unspecified atom stereocenters. The minimum Gasteiger partial charge on any atom is -0.327 e. The smallest absolute Gasteiger partial charge is 0.254 e. The van der Waals surface area contributed by atoms with Crippen molar-refractivity contribution in [2.45, 2.75) is 19.9 Å². The molecule has 5 heteroatoms. The fraction of sp³-hybridized carbons (Fsp3) is 0.222. The van der Waals surface area contributed by atoms with Crippen LogP contribution in [0.15, 0.2) is 54.6 Å². The van der Waals surface area contributed by atoms with Crippen molar-refractivity contribution >= 4 is 17.5 Å². The highest BCUT2D eigenvalue weighted by atomic mass is 19.1. The first-order valence-electron chi connectivity index (χ1n) is 7.39. The minimum absolute atomic E-state index is 0.0667. The van der Waals surface area contributed by atoms with Gasteiger partial charge in [0.15, 0.2) is 0 Å². The van der Waals surface area contributed by atoms with E-state index in [1.807, 2.05) is 19.9 Å². The number of carbonyl (C=O) groups is 2. The molecule has 2 aromatic rings. The lowest BCUT2D eigenvalue weighted by atomic mass is 10.1. The normalized spacial score (nSPS) is 10.4. The number of nitrogens with one attached hydrogen (secondary N) is 1. The van der Waals surface area contributed by atoms with Crippen LogP contribution >= 0.6 is 0 Å². The lowest BCUT2D eigenvalue weighted by Crippen LogP contribution is -2.42. The van der Waals surface area contributed by atoms with Crippen molar-refractivity contribution in [1.82, 2.24) is 4.90 Å². The number of hydrogen-bond acceptors (Lipinski definition) is 2. The van der Waals surface area contributed by atoms with E-state index < -0.39 is 0 Å². The molecule has 0 atom stereocenters. The van der Waals surface area contributed by atoms with Gasteiger partial charge in [0.05, 0.1) is 0 Å². The summed E-state index contributed by atoms with van der Waals surface area (Å²) in [7, 11) is 0. The van der Waals surface area contributed by atoms with Gasteiger partial charge in [0, 0.05) is 17.3 Å². The largest absolute Gasteiger partial charge is 0.327 e. The van der Waals surface area contributed by atoms with Gasteiger partial charge >= 0.3 is 0 Å². The van der Waals surface area contributed by atoms with Gasteiger partial charge in [-0.25, -0.2) is 4.39 Å². The third-order valence-electron chi connectivity index (χ3n) is 3.35. The van der Waals surface area contributed by atoms with Crippen molar-refractivity contribution in [3.05, 3.63) is 66.0 Å². The molecule has 4 nitrogen and oxygen atoms in total. The quantitative estimate of drug-likeness (QED) is 0.920. The molecule has 0 aliphatic carbocycles. The highest BCUT2D eigenvalue weighted by molar-refractivity contribution is 5.99. The number of carbonyl (C=O) groups excluding carboxylic acids is 2. The van der Waals surface area contributed by atoms with E-state index >= 15 is 0 Å². The molecule has 2 rings (SSSR count). The van der Waals surface area contributed by atoms with Crippen LogP contribution in [0.2, 0.25) is 0 Å². The van der Waals surface area contributed by atoms with Crippen molar-refractivity contribution in [3.63, 3.8) is 0 Å². The number of benzene rings is 2. The topological polar surface area (TPSA) is 49.4 Å². The van der Waals surface area contributed by atoms with Crippen LogP contribution in [-0.4, -0.2) is 29.3 Å². The first-order chi connectivity index (χ1) is 11.0. The molecule has 0 aromatic heterocycles. The molecule has 0 bridgehead atoms. The van der Waals surface area contributed by atoms with Crippen LogP contribution in [0.1, 0.15) is 24.2 Å². The average Bonchev–Trinajstić information content (AvgIpc) is 2.55. The van der Waals surface area contributed by atoms with Crippen LogP contribution < -0.4 is 5.32 Å². The molecule has 1 N–H and O–H groups in total. The molecule has 0 fully saturated rings. The van der Waals surface area contributed by atoms with Gasteiger partial charge < -0.3 is 10.2 Å². The van der Waals surface area contributed by atoms with Gasteiger partial charge in [0.25, 0.3) is 5.91 Å². The molecule has 0 saturated heterocycles. The maximum Gasteiger partial charge on any atom is 0.254 e. The third kappa shape index (κ3) is 4.64. The van der Waals surface area contributed by atoms with Gasteiger partial charge in [-0.05, 0) is 50.2 Å². The van der Waals surface area contributed by atoms with Crippen molar-refractivity contribution in [3.8, 4) is 0 Å². The first kappa shape index (κ1) is 16.7. The molecular formula is C18H19FN2O2. The number of halogens is 1. The summed E-state index contributed by atoms with van der Waals surface area (Å²) in [6.45, 7) is 3.64. The van der Waals surface area contributed by atoms with E-state index in [-0.39, 0.29) is 30.2 Å². The molecule has 0 spiro atoms. The SMILES string of the molecule is CC(C)N(CC(=O)Nc1ccc(F)cc1)C(=O)c1ccccc1. The summed E-state index contributed by atoms with van der Waals surface area (Å²) >= 11 is 0. The van der Waals surface area contributed by atoms with Gasteiger partial charge in [0.2, 0.25) is 5.91 Å². The fourth-order valence-corrected chi connectivity index (χ4v) is 2.12.